The molecule has 6 nitrogen and oxygen atoms in total. The summed E-state index contributed by atoms with van der Waals surface area (Å²) in [5, 5.41) is 24.4. The summed E-state index contributed by atoms with van der Waals surface area (Å²) in [6.07, 6.45) is 3.23. The molecule has 174 valence electrons. The zero-order valence-corrected chi connectivity index (χ0v) is 19.1. The number of rotatable bonds is 7. The van der Waals surface area contributed by atoms with Gasteiger partial charge < -0.3 is 20.7 Å². The fraction of sp³-hybridized carbons (Fsp3) is 0.286. The largest absolute Gasteiger partial charge is 0.481 e. The van der Waals surface area contributed by atoms with E-state index in [0.717, 1.165) is 48.7 Å². The Hall–Kier alpha value is -3.64. The van der Waals surface area contributed by atoms with Gasteiger partial charge in [0.1, 0.15) is 5.84 Å². The molecule has 1 heterocycles. The second-order valence-electron chi connectivity index (χ2n) is 9.32. The standard InChI is InChI=1S/C28H30N4O2/c29-27(30)21-9-8-20-14-24(16-31-23-12-10-19(11-13-23)28(33)34)32(26(20)15-21)17-22-6-3-5-18-4-1-2-7-25(18)22/h1-9,14-15,19,23,31H,10-13,16-17H2,(H3,29,30)(H,33,34). The van der Waals surface area contributed by atoms with Crippen molar-refractivity contribution in [3.63, 3.8) is 0 Å². The van der Waals surface area contributed by atoms with E-state index in [0.29, 0.717) is 12.6 Å². The first-order valence-corrected chi connectivity index (χ1v) is 11.9. The zero-order chi connectivity index (χ0) is 23.7. The van der Waals surface area contributed by atoms with Crippen LogP contribution in [-0.2, 0) is 17.9 Å². The summed E-state index contributed by atoms with van der Waals surface area (Å²) in [6.45, 7) is 1.42. The van der Waals surface area contributed by atoms with Crippen molar-refractivity contribution in [2.75, 3.05) is 0 Å². The van der Waals surface area contributed by atoms with Crippen molar-refractivity contribution in [3.05, 3.63) is 83.6 Å². The second-order valence-corrected chi connectivity index (χ2v) is 9.32. The molecule has 0 bridgehead atoms. The first kappa shape index (κ1) is 22.2. The topological polar surface area (TPSA) is 104 Å². The Balaban J connectivity index is 1.47. The molecule has 1 aromatic heterocycles. The first-order chi connectivity index (χ1) is 16.5. The van der Waals surface area contributed by atoms with Crippen molar-refractivity contribution >= 4 is 33.5 Å². The van der Waals surface area contributed by atoms with Gasteiger partial charge in [-0.15, -0.1) is 0 Å². The molecule has 5 N–H and O–H groups in total. The van der Waals surface area contributed by atoms with Crippen LogP contribution in [0.25, 0.3) is 21.7 Å². The molecule has 6 heteroatoms. The van der Waals surface area contributed by atoms with E-state index < -0.39 is 5.97 Å². The van der Waals surface area contributed by atoms with Crippen LogP contribution in [0.2, 0.25) is 0 Å². The molecule has 4 aromatic rings. The number of aliphatic carboxylic acids is 1. The van der Waals surface area contributed by atoms with Crippen molar-refractivity contribution < 1.29 is 9.90 Å². The van der Waals surface area contributed by atoms with Gasteiger partial charge in [-0.2, -0.15) is 0 Å². The van der Waals surface area contributed by atoms with Crippen LogP contribution in [0.15, 0.2) is 66.7 Å². The van der Waals surface area contributed by atoms with Gasteiger partial charge in [0.05, 0.1) is 5.92 Å². The van der Waals surface area contributed by atoms with Crippen LogP contribution >= 0.6 is 0 Å². The van der Waals surface area contributed by atoms with E-state index in [1.54, 1.807) is 0 Å². The lowest BCUT2D eigenvalue weighted by Crippen LogP contribution is -2.35. The molecule has 0 atom stereocenters. The molecule has 0 aliphatic heterocycles. The third-order valence-corrected chi connectivity index (χ3v) is 7.16. The third-order valence-electron chi connectivity index (χ3n) is 7.16. The van der Waals surface area contributed by atoms with Gasteiger partial charge >= 0.3 is 5.97 Å². The van der Waals surface area contributed by atoms with E-state index in [9.17, 15) is 9.90 Å². The summed E-state index contributed by atoms with van der Waals surface area (Å²) < 4.78 is 2.32. The van der Waals surface area contributed by atoms with Gasteiger partial charge in [0.25, 0.3) is 0 Å². The molecule has 5 rings (SSSR count). The maximum atomic E-state index is 11.3. The number of benzene rings is 3. The predicted molar refractivity (Wildman–Crippen MR) is 136 cm³/mol. The van der Waals surface area contributed by atoms with Gasteiger partial charge in [-0.25, -0.2) is 0 Å². The van der Waals surface area contributed by atoms with Crippen molar-refractivity contribution in [1.29, 1.82) is 5.41 Å². The van der Waals surface area contributed by atoms with Crippen molar-refractivity contribution in [1.82, 2.24) is 9.88 Å². The molecule has 0 radical (unpaired) electrons. The third kappa shape index (κ3) is 4.41. The molecule has 1 saturated carbocycles. The van der Waals surface area contributed by atoms with Crippen LogP contribution in [0.5, 0.6) is 0 Å². The number of aromatic nitrogens is 1. The van der Waals surface area contributed by atoms with E-state index in [1.165, 1.54) is 22.0 Å². The fourth-order valence-electron chi connectivity index (χ4n) is 5.21. The van der Waals surface area contributed by atoms with Gasteiger partial charge in [-0.1, -0.05) is 54.6 Å². The maximum Gasteiger partial charge on any atom is 0.306 e. The first-order valence-electron chi connectivity index (χ1n) is 11.9. The minimum Gasteiger partial charge on any atom is -0.481 e. The van der Waals surface area contributed by atoms with Gasteiger partial charge in [0.2, 0.25) is 0 Å². The molecule has 1 fully saturated rings. The smallest absolute Gasteiger partial charge is 0.306 e. The van der Waals surface area contributed by atoms with Crippen LogP contribution in [0.1, 0.15) is 42.5 Å². The number of fused-ring (bicyclic) bond motifs is 2. The Morgan fingerprint density at radius 1 is 1.00 bits per heavy atom. The highest BCUT2D eigenvalue weighted by molar-refractivity contribution is 5.98. The van der Waals surface area contributed by atoms with Crippen LogP contribution < -0.4 is 11.1 Å². The Morgan fingerprint density at radius 3 is 2.53 bits per heavy atom. The summed E-state index contributed by atoms with van der Waals surface area (Å²) >= 11 is 0. The van der Waals surface area contributed by atoms with Crippen LogP contribution in [-0.4, -0.2) is 27.5 Å². The average Bonchev–Trinajstić information content (AvgIpc) is 3.19. The minimum absolute atomic E-state index is 0.0645. The van der Waals surface area contributed by atoms with E-state index in [1.807, 2.05) is 18.2 Å². The summed E-state index contributed by atoms with van der Waals surface area (Å²) in [6, 6.07) is 23.3. The number of hydrogen-bond acceptors (Lipinski definition) is 3. The van der Waals surface area contributed by atoms with Crippen molar-refractivity contribution in [2.45, 2.75) is 44.8 Å². The summed E-state index contributed by atoms with van der Waals surface area (Å²) in [7, 11) is 0. The van der Waals surface area contributed by atoms with Gasteiger partial charge in [0.15, 0.2) is 0 Å². The van der Waals surface area contributed by atoms with Crippen molar-refractivity contribution in [2.24, 2.45) is 11.7 Å². The average molecular weight is 455 g/mol. The highest BCUT2D eigenvalue weighted by Crippen LogP contribution is 2.28. The molecule has 3 aromatic carbocycles. The predicted octanol–water partition coefficient (Wildman–Crippen LogP) is 4.86. The Labute approximate surface area is 198 Å². The lowest BCUT2D eigenvalue weighted by Gasteiger charge is -2.27. The quantitative estimate of drug-likeness (QED) is 0.236. The number of nitrogens with one attached hydrogen (secondary N) is 2. The van der Waals surface area contributed by atoms with E-state index in [2.05, 4.69) is 58.4 Å². The Kier molecular flexibility index (Phi) is 6.07. The Bertz CT molecular complexity index is 1360. The molecule has 0 saturated heterocycles. The van der Waals surface area contributed by atoms with Crippen LogP contribution in [0, 0.1) is 11.3 Å². The maximum absolute atomic E-state index is 11.3. The molecule has 0 unspecified atom stereocenters. The SMILES string of the molecule is N=C(N)c1ccc2cc(CNC3CCC(C(=O)O)CC3)n(Cc3cccc4ccccc34)c2c1. The summed E-state index contributed by atoms with van der Waals surface area (Å²) in [4.78, 5) is 11.3. The number of nitrogens with two attached hydrogens (primary N) is 1. The number of nitrogen functional groups attached to an aromatic ring is 1. The van der Waals surface area contributed by atoms with Gasteiger partial charge in [-0.05, 0) is 59.5 Å². The number of amidine groups is 1. The molecule has 0 amide bonds. The zero-order valence-electron chi connectivity index (χ0n) is 19.1. The van der Waals surface area contributed by atoms with E-state index >= 15 is 0 Å². The van der Waals surface area contributed by atoms with Crippen molar-refractivity contribution in [3.8, 4) is 0 Å². The lowest BCUT2D eigenvalue weighted by atomic mass is 9.86. The number of carboxylic acid groups (broad SMARTS) is 1. The monoisotopic (exact) mass is 454 g/mol. The highest BCUT2D eigenvalue weighted by atomic mass is 16.4. The van der Waals surface area contributed by atoms with Crippen LogP contribution in [0.3, 0.4) is 0 Å². The summed E-state index contributed by atoms with van der Waals surface area (Å²) in [5.74, 6) is -0.814. The lowest BCUT2D eigenvalue weighted by molar-refractivity contribution is -0.142. The Morgan fingerprint density at radius 2 is 1.76 bits per heavy atom. The molecule has 34 heavy (non-hydrogen) atoms. The fourth-order valence-corrected chi connectivity index (χ4v) is 5.21. The second kappa shape index (κ2) is 9.31. The summed E-state index contributed by atoms with van der Waals surface area (Å²) in [5.41, 5.74) is 9.99. The highest BCUT2D eigenvalue weighted by Gasteiger charge is 2.25. The molecule has 1 aliphatic rings. The molecule has 0 spiro atoms. The molecule has 1 aliphatic carbocycles. The molecular weight excluding hydrogens is 424 g/mol. The number of carboxylic acids is 1. The van der Waals surface area contributed by atoms with Gasteiger partial charge in [-0.3, -0.25) is 10.2 Å². The molecular formula is C28H30N4O2. The van der Waals surface area contributed by atoms with E-state index in [4.69, 9.17) is 11.1 Å². The normalized spacial score (nSPS) is 18.4. The number of nitrogens with zero attached hydrogens (tertiary/aromatic N) is 1. The van der Waals surface area contributed by atoms with Crippen LogP contribution in [0.4, 0.5) is 0 Å². The number of hydrogen-bond donors (Lipinski definition) is 4. The number of carbonyl (C=O) groups is 1. The minimum atomic E-state index is -0.671. The van der Waals surface area contributed by atoms with Gasteiger partial charge in [0, 0.05) is 35.9 Å². The van der Waals surface area contributed by atoms with E-state index in [-0.39, 0.29) is 11.8 Å².